The number of Topliss-reactive ketones (excluding diaryl/α,β-unsaturated/α-hetero) is 1. The highest BCUT2D eigenvalue weighted by Gasteiger charge is 2.21. The van der Waals surface area contributed by atoms with Gasteiger partial charge in [-0.15, -0.1) is 11.3 Å². The van der Waals surface area contributed by atoms with Crippen LogP contribution >= 0.6 is 11.3 Å². The van der Waals surface area contributed by atoms with E-state index < -0.39 is 0 Å². The van der Waals surface area contributed by atoms with Crippen molar-refractivity contribution in [3.8, 4) is 0 Å². The van der Waals surface area contributed by atoms with Crippen LogP contribution in [0, 0.1) is 0 Å². The number of carbonyl (C=O) groups is 2. The van der Waals surface area contributed by atoms with Crippen LogP contribution in [0.1, 0.15) is 15.2 Å². The maximum absolute atomic E-state index is 12.2. The molecule has 24 heavy (non-hydrogen) atoms. The fraction of sp³-hybridized carbons (Fsp3) is 0.263. The van der Waals surface area contributed by atoms with Crippen LogP contribution in [0.25, 0.3) is 6.08 Å². The number of rotatable bonds is 5. The molecular formula is C19H20N2O2S. The Morgan fingerprint density at radius 1 is 1.00 bits per heavy atom. The van der Waals surface area contributed by atoms with E-state index in [-0.39, 0.29) is 11.7 Å². The predicted octanol–water partition coefficient (Wildman–Crippen LogP) is 2.79. The minimum Gasteiger partial charge on any atom is -0.337 e. The lowest BCUT2D eigenvalue weighted by Crippen LogP contribution is -2.49. The molecule has 1 amide bonds. The Hall–Kier alpha value is -2.24. The Labute approximate surface area is 146 Å². The molecule has 0 saturated carbocycles. The fourth-order valence-corrected chi connectivity index (χ4v) is 3.34. The van der Waals surface area contributed by atoms with E-state index in [0.29, 0.717) is 19.6 Å². The maximum atomic E-state index is 12.2. The van der Waals surface area contributed by atoms with E-state index >= 15 is 0 Å². The smallest absolute Gasteiger partial charge is 0.246 e. The number of carbonyl (C=O) groups excluding carboxylic acids is 2. The lowest BCUT2D eigenvalue weighted by molar-refractivity contribution is -0.127. The summed E-state index contributed by atoms with van der Waals surface area (Å²) in [4.78, 5) is 29.1. The van der Waals surface area contributed by atoms with Crippen molar-refractivity contribution in [3.63, 3.8) is 0 Å². The highest BCUT2D eigenvalue weighted by atomic mass is 32.1. The van der Waals surface area contributed by atoms with Crippen LogP contribution in [-0.2, 0) is 4.79 Å². The second-order valence-corrected chi connectivity index (χ2v) is 6.69. The van der Waals surface area contributed by atoms with Crippen LogP contribution in [0.3, 0.4) is 0 Å². The Morgan fingerprint density at radius 2 is 1.75 bits per heavy atom. The molecule has 1 aliphatic rings. The third-order valence-corrected chi connectivity index (χ3v) is 4.98. The van der Waals surface area contributed by atoms with Crippen molar-refractivity contribution >= 4 is 29.1 Å². The SMILES string of the molecule is O=C(CN1CCN(C(=O)/C=C/c2ccccc2)CC1)c1cccs1. The van der Waals surface area contributed by atoms with Crippen LogP contribution < -0.4 is 0 Å². The van der Waals surface area contributed by atoms with Crippen molar-refractivity contribution in [3.05, 3.63) is 64.4 Å². The number of benzene rings is 1. The van der Waals surface area contributed by atoms with Crippen molar-refractivity contribution < 1.29 is 9.59 Å². The average molecular weight is 340 g/mol. The number of hydrogen-bond donors (Lipinski definition) is 0. The lowest BCUT2D eigenvalue weighted by atomic mass is 10.2. The first-order chi connectivity index (χ1) is 11.7. The summed E-state index contributed by atoms with van der Waals surface area (Å²) in [6.07, 6.45) is 3.47. The summed E-state index contributed by atoms with van der Waals surface area (Å²) < 4.78 is 0. The van der Waals surface area contributed by atoms with Gasteiger partial charge in [0.1, 0.15) is 0 Å². The van der Waals surface area contributed by atoms with Gasteiger partial charge in [-0.1, -0.05) is 36.4 Å². The maximum Gasteiger partial charge on any atom is 0.246 e. The van der Waals surface area contributed by atoms with Crippen molar-refractivity contribution in [1.82, 2.24) is 9.80 Å². The van der Waals surface area contributed by atoms with Crippen molar-refractivity contribution in [2.45, 2.75) is 0 Å². The first kappa shape index (κ1) is 16.6. The summed E-state index contributed by atoms with van der Waals surface area (Å²) in [6, 6.07) is 13.6. The molecule has 0 aliphatic carbocycles. The zero-order chi connectivity index (χ0) is 16.8. The second kappa shape index (κ2) is 8.04. The summed E-state index contributed by atoms with van der Waals surface area (Å²) in [5.74, 6) is 0.192. The summed E-state index contributed by atoms with van der Waals surface area (Å²) in [5, 5.41) is 1.92. The largest absolute Gasteiger partial charge is 0.337 e. The monoisotopic (exact) mass is 340 g/mol. The zero-order valence-corrected chi connectivity index (χ0v) is 14.2. The molecule has 0 atom stereocenters. The molecule has 124 valence electrons. The van der Waals surface area contributed by atoms with Gasteiger partial charge in [-0.2, -0.15) is 0 Å². The van der Waals surface area contributed by atoms with Crippen LogP contribution in [0.2, 0.25) is 0 Å². The molecule has 4 nitrogen and oxygen atoms in total. The normalized spacial score (nSPS) is 15.8. The molecule has 2 heterocycles. The molecule has 0 spiro atoms. The molecule has 1 aliphatic heterocycles. The van der Waals surface area contributed by atoms with E-state index in [2.05, 4.69) is 4.90 Å². The van der Waals surface area contributed by atoms with Crippen LogP contribution in [0.4, 0.5) is 0 Å². The number of thiophene rings is 1. The topological polar surface area (TPSA) is 40.6 Å². The Kier molecular flexibility index (Phi) is 5.56. The van der Waals surface area contributed by atoms with Gasteiger partial charge in [-0.25, -0.2) is 0 Å². The molecule has 0 N–H and O–H groups in total. The molecular weight excluding hydrogens is 320 g/mol. The molecule has 2 aromatic rings. The fourth-order valence-electron chi connectivity index (χ4n) is 2.68. The average Bonchev–Trinajstić information content (AvgIpc) is 3.16. The summed E-state index contributed by atoms with van der Waals surface area (Å²) in [5.41, 5.74) is 1.02. The van der Waals surface area contributed by atoms with E-state index in [4.69, 9.17) is 0 Å². The molecule has 0 bridgehead atoms. The van der Waals surface area contributed by atoms with Crippen molar-refractivity contribution in [1.29, 1.82) is 0 Å². The summed E-state index contributed by atoms with van der Waals surface area (Å²) >= 11 is 1.48. The van der Waals surface area contributed by atoms with Gasteiger partial charge in [0.15, 0.2) is 5.78 Å². The van der Waals surface area contributed by atoms with Gasteiger partial charge in [0, 0.05) is 32.3 Å². The van der Waals surface area contributed by atoms with E-state index in [9.17, 15) is 9.59 Å². The minimum atomic E-state index is 0.0306. The highest BCUT2D eigenvalue weighted by molar-refractivity contribution is 7.12. The van der Waals surface area contributed by atoms with Gasteiger partial charge >= 0.3 is 0 Å². The van der Waals surface area contributed by atoms with Gasteiger partial charge in [-0.3, -0.25) is 14.5 Å². The van der Waals surface area contributed by atoms with Crippen LogP contribution in [-0.4, -0.2) is 54.2 Å². The zero-order valence-electron chi connectivity index (χ0n) is 13.4. The Bertz CT molecular complexity index is 702. The summed E-state index contributed by atoms with van der Waals surface area (Å²) in [7, 11) is 0. The quantitative estimate of drug-likeness (QED) is 0.621. The first-order valence-electron chi connectivity index (χ1n) is 8.03. The number of hydrogen-bond acceptors (Lipinski definition) is 4. The number of nitrogens with zero attached hydrogens (tertiary/aromatic N) is 2. The second-order valence-electron chi connectivity index (χ2n) is 5.75. The third kappa shape index (κ3) is 4.40. The lowest BCUT2D eigenvalue weighted by Gasteiger charge is -2.33. The third-order valence-electron chi connectivity index (χ3n) is 4.07. The van der Waals surface area contributed by atoms with Gasteiger partial charge in [0.2, 0.25) is 5.91 Å². The van der Waals surface area contributed by atoms with Gasteiger partial charge < -0.3 is 4.90 Å². The van der Waals surface area contributed by atoms with Gasteiger partial charge in [-0.05, 0) is 23.1 Å². The molecule has 1 aromatic carbocycles. The summed E-state index contributed by atoms with van der Waals surface area (Å²) in [6.45, 7) is 3.23. The van der Waals surface area contributed by atoms with Crippen LogP contribution in [0.15, 0.2) is 53.9 Å². The molecule has 0 unspecified atom stereocenters. The number of ketones is 1. The predicted molar refractivity (Wildman–Crippen MR) is 97.1 cm³/mol. The molecule has 3 rings (SSSR count). The van der Waals surface area contributed by atoms with Crippen molar-refractivity contribution in [2.75, 3.05) is 32.7 Å². The van der Waals surface area contributed by atoms with E-state index in [1.165, 1.54) is 11.3 Å². The van der Waals surface area contributed by atoms with Gasteiger partial charge in [0.05, 0.1) is 11.4 Å². The molecule has 0 radical (unpaired) electrons. The highest BCUT2D eigenvalue weighted by Crippen LogP contribution is 2.11. The van der Waals surface area contributed by atoms with Crippen molar-refractivity contribution in [2.24, 2.45) is 0 Å². The molecule has 5 heteroatoms. The Balaban J connectivity index is 1.47. The molecule has 1 saturated heterocycles. The van der Waals surface area contributed by atoms with E-state index in [1.807, 2.05) is 58.8 Å². The molecule has 1 fully saturated rings. The van der Waals surface area contributed by atoms with Crippen LogP contribution in [0.5, 0.6) is 0 Å². The first-order valence-corrected chi connectivity index (χ1v) is 8.91. The number of piperazine rings is 1. The number of amides is 1. The minimum absolute atomic E-state index is 0.0306. The van der Waals surface area contributed by atoms with E-state index in [0.717, 1.165) is 23.5 Å². The van der Waals surface area contributed by atoms with E-state index in [1.54, 1.807) is 6.08 Å². The molecule has 1 aromatic heterocycles. The Morgan fingerprint density at radius 3 is 2.42 bits per heavy atom. The van der Waals surface area contributed by atoms with Gasteiger partial charge in [0.25, 0.3) is 0 Å². The standard InChI is InChI=1S/C19H20N2O2S/c22-17(18-7-4-14-24-18)15-20-10-12-21(13-11-20)19(23)9-8-16-5-2-1-3-6-16/h1-9,14H,10-13,15H2/b9-8+.